The summed E-state index contributed by atoms with van der Waals surface area (Å²) in [6.45, 7) is 3.43. The minimum atomic E-state index is -0.456. The molecule has 0 unspecified atom stereocenters. The van der Waals surface area contributed by atoms with Gasteiger partial charge in [-0.3, -0.25) is 20.4 Å². The Balaban J connectivity index is 1.75. The number of furan rings is 1. The molecule has 3 rings (SSSR count). The highest BCUT2D eigenvalue weighted by Crippen LogP contribution is 2.32. The van der Waals surface area contributed by atoms with Gasteiger partial charge in [-0.1, -0.05) is 36.0 Å². The molecule has 2 amide bonds. The van der Waals surface area contributed by atoms with Crippen LogP contribution < -0.4 is 10.9 Å². The van der Waals surface area contributed by atoms with Gasteiger partial charge in [0.2, 0.25) is 0 Å². The Morgan fingerprint density at radius 3 is 2.18 bits per heavy atom. The lowest BCUT2D eigenvalue weighted by Crippen LogP contribution is -2.41. The van der Waals surface area contributed by atoms with Gasteiger partial charge in [0.05, 0.1) is 16.7 Å². The van der Waals surface area contributed by atoms with E-state index in [2.05, 4.69) is 16.9 Å². The number of nitriles is 1. The van der Waals surface area contributed by atoms with Gasteiger partial charge in [0.25, 0.3) is 11.8 Å². The number of hydrogen-bond donors (Lipinski definition) is 2. The van der Waals surface area contributed by atoms with Crippen molar-refractivity contribution >= 4 is 23.6 Å². The predicted octanol–water partition coefficient (Wildman–Crippen LogP) is 3.99. The van der Waals surface area contributed by atoms with Crippen molar-refractivity contribution in [1.82, 2.24) is 10.9 Å². The molecular formula is C21H17N3O3S. The first-order chi connectivity index (χ1) is 13.5. The Morgan fingerprint density at radius 1 is 0.929 bits per heavy atom. The highest BCUT2D eigenvalue weighted by atomic mass is 32.2. The van der Waals surface area contributed by atoms with Crippen LogP contribution in [0.5, 0.6) is 0 Å². The van der Waals surface area contributed by atoms with Crippen molar-refractivity contribution in [2.24, 2.45) is 0 Å². The number of rotatable bonds is 4. The van der Waals surface area contributed by atoms with E-state index in [1.807, 2.05) is 18.2 Å². The zero-order chi connectivity index (χ0) is 20.1. The summed E-state index contributed by atoms with van der Waals surface area (Å²) in [4.78, 5) is 26.3. The van der Waals surface area contributed by atoms with Crippen molar-refractivity contribution in [1.29, 1.82) is 5.26 Å². The van der Waals surface area contributed by atoms with Gasteiger partial charge in [-0.25, -0.2) is 0 Å². The zero-order valence-electron chi connectivity index (χ0n) is 15.3. The van der Waals surface area contributed by atoms with Gasteiger partial charge in [0.1, 0.15) is 17.6 Å². The van der Waals surface area contributed by atoms with E-state index in [1.165, 1.54) is 11.8 Å². The summed E-state index contributed by atoms with van der Waals surface area (Å²) < 4.78 is 5.33. The van der Waals surface area contributed by atoms with Crippen molar-refractivity contribution in [3.8, 4) is 6.07 Å². The molecule has 0 atom stereocenters. The number of benzene rings is 2. The molecule has 0 fully saturated rings. The minimum absolute atomic E-state index is 0.364. The van der Waals surface area contributed by atoms with Gasteiger partial charge in [-0.15, -0.1) is 0 Å². The molecule has 0 saturated heterocycles. The highest BCUT2D eigenvalue weighted by Gasteiger charge is 2.17. The molecule has 140 valence electrons. The average Bonchev–Trinajstić information content (AvgIpc) is 3.05. The molecule has 0 radical (unpaired) electrons. The van der Waals surface area contributed by atoms with Crippen LogP contribution in [0.25, 0.3) is 0 Å². The van der Waals surface area contributed by atoms with Crippen LogP contribution in [0.2, 0.25) is 0 Å². The van der Waals surface area contributed by atoms with Crippen LogP contribution in [-0.4, -0.2) is 11.8 Å². The van der Waals surface area contributed by atoms with E-state index in [0.29, 0.717) is 33.1 Å². The molecule has 0 aliphatic carbocycles. The second-order valence-electron chi connectivity index (χ2n) is 5.94. The Kier molecular flexibility index (Phi) is 5.82. The standard InChI is InChI=1S/C21H17N3O3S/c1-13-11-17(14(2)27-13)21(26)24-23-20(25)16-8-4-6-10-19(16)28-18-9-5-3-7-15(18)12-22/h3-11H,1-2H3,(H,23,25)(H,24,26). The van der Waals surface area contributed by atoms with E-state index in [0.717, 1.165) is 4.90 Å². The Labute approximate surface area is 166 Å². The monoisotopic (exact) mass is 391 g/mol. The van der Waals surface area contributed by atoms with E-state index < -0.39 is 11.8 Å². The Hall–Kier alpha value is -3.50. The average molecular weight is 391 g/mol. The first-order valence-electron chi connectivity index (χ1n) is 8.43. The van der Waals surface area contributed by atoms with Crippen LogP contribution in [0.4, 0.5) is 0 Å². The van der Waals surface area contributed by atoms with Crippen LogP contribution in [0.3, 0.4) is 0 Å². The summed E-state index contributed by atoms with van der Waals surface area (Å²) in [7, 11) is 0. The number of aryl methyl sites for hydroxylation is 2. The zero-order valence-corrected chi connectivity index (χ0v) is 16.1. The summed E-state index contributed by atoms with van der Waals surface area (Å²) >= 11 is 1.32. The predicted molar refractivity (Wildman–Crippen MR) is 105 cm³/mol. The summed E-state index contributed by atoms with van der Waals surface area (Å²) in [5, 5.41) is 9.25. The van der Waals surface area contributed by atoms with Gasteiger partial charge in [-0.05, 0) is 44.2 Å². The molecule has 7 heteroatoms. The molecule has 28 heavy (non-hydrogen) atoms. The van der Waals surface area contributed by atoms with Crippen LogP contribution in [-0.2, 0) is 0 Å². The molecule has 3 aromatic rings. The maximum absolute atomic E-state index is 12.6. The van der Waals surface area contributed by atoms with Crippen LogP contribution in [0.15, 0.2) is 68.8 Å². The molecule has 0 spiro atoms. The third kappa shape index (κ3) is 4.24. The fraction of sp³-hybridized carbons (Fsp3) is 0.0952. The molecular weight excluding hydrogens is 374 g/mol. The molecule has 2 aromatic carbocycles. The first kappa shape index (κ1) is 19.3. The van der Waals surface area contributed by atoms with E-state index >= 15 is 0 Å². The van der Waals surface area contributed by atoms with Crippen molar-refractivity contribution < 1.29 is 14.0 Å². The third-order valence-electron chi connectivity index (χ3n) is 3.93. The molecule has 1 aromatic heterocycles. The van der Waals surface area contributed by atoms with E-state index in [-0.39, 0.29) is 0 Å². The van der Waals surface area contributed by atoms with E-state index in [1.54, 1.807) is 50.2 Å². The molecule has 0 bridgehead atoms. The number of hydrazine groups is 1. The molecule has 1 heterocycles. The maximum Gasteiger partial charge on any atom is 0.273 e. The van der Waals surface area contributed by atoms with Crippen molar-refractivity contribution in [2.75, 3.05) is 0 Å². The highest BCUT2D eigenvalue weighted by molar-refractivity contribution is 7.99. The Bertz CT molecular complexity index is 1080. The van der Waals surface area contributed by atoms with Crippen molar-refractivity contribution in [3.05, 3.63) is 82.8 Å². The smallest absolute Gasteiger partial charge is 0.273 e. The Morgan fingerprint density at radius 2 is 1.54 bits per heavy atom. The van der Waals surface area contributed by atoms with Gasteiger partial charge in [0.15, 0.2) is 0 Å². The fourth-order valence-corrected chi connectivity index (χ4v) is 3.64. The molecule has 0 aliphatic rings. The lowest BCUT2D eigenvalue weighted by atomic mass is 10.2. The normalized spacial score (nSPS) is 10.2. The molecule has 2 N–H and O–H groups in total. The van der Waals surface area contributed by atoms with Crippen LogP contribution >= 0.6 is 11.8 Å². The maximum atomic E-state index is 12.6. The number of carbonyl (C=O) groups is 2. The van der Waals surface area contributed by atoms with E-state index in [9.17, 15) is 14.9 Å². The van der Waals surface area contributed by atoms with E-state index in [4.69, 9.17) is 4.42 Å². The van der Waals surface area contributed by atoms with Gasteiger partial charge >= 0.3 is 0 Å². The quantitative estimate of drug-likeness (QED) is 0.656. The lowest BCUT2D eigenvalue weighted by Gasteiger charge is -2.11. The number of nitrogens with zero attached hydrogens (tertiary/aromatic N) is 1. The number of amides is 2. The van der Waals surface area contributed by atoms with Gasteiger partial charge in [0, 0.05) is 9.79 Å². The number of nitrogens with one attached hydrogen (secondary N) is 2. The fourth-order valence-electron chi connectivity index (χ4n) is 2.61. The topological polar surface area (TPSA) is 95.1 Å². The van der Waals surface area contributed by atoms with Gasteiger partial charge in [-0.2, -0.15) is 5.26 Å². The number of hydrogen-bond acceptors (Lipinski definition) is 5. The van der Waals surface area contributed by atoms with Crippen molar-refractivity contribution in [3.63, 3.8) is 0 Å². The summed E-state index contributed by atoms with van der Waals surface area (Å²) in [6.07, 6.45) is 0. The third-order valence-corrected chi connectivity index (χ3v) is 5.09. The first-order valence-corrected chi connectivity index (χ1v) is 9.25. The largest absolute Gasteiger partial charge is 0.466 e. The lowest BCUT2D eigenvalue weighted by molar-refractivity contribution is 0.0844. The number of carbonyl (C=O) groups excluding carboxylic acids is 2. The van der Waals surface area contributed by atoms with Crippen LogP contribution in [0.1, 0.15) is 37.8 Å². The van der Waals surface area contributed by atoms with Gasteiger partial charge < -0.3 is 4.42 Å². The summed E-state index contributed by atoms with van der Waals surface area (Å²) in [6, 6.07) is 17.9. The molecule has 0 saturated carbocycles. The SMILES string of the molecule is Cc1cc(C(=O)NNC(=O)c2ccccc2Sc2ccccc2C#N)c(C)o1. The second kappa shape index (κ2) is 8.46. The summed E-state index contributed by atoms with van der Waals surface area (Å²) in [5.41, 5.74) is 6.12. The van der Waals surface area contributed by atoms with Crippen LogP contribution in [0, 0.1) is 25.2 Å². The second-order valence-corrected chi connectivity index (χ2v) is 7.03. The summed E-state index contributed by atoms with van der Waals surface area (Å²) in [5.74, 6) is 0.187. The molecule has 6 nitrogen and oxygen atoms in total. The minimum Gasteiger partial charge on any atom is -0.466 e. The van der Waals surface area contributed by atoms with Crippen molar-refractivity contribution in [2.45, 2.75) is 23.6 Å². The molecule has 0 aliphatic heterocycles.